The van der Waals surface area contributed by atoms with Gasteiger partial charge in [-0.1, -0.05) is 65.5 Å². The number of nitrogens with one attached hydrogen (secondary N) is 1. The lowest BCUT2D eigenvalue weighted by molar-refractivity contribution is -0.141. The molecule has 0 saturated carbocycles. The number of hydrogen-bond acceptors (Lipinski definition) is 2. The molecule has 0 aliphatic heterocycles. The Morgan fingerprint density at radius 1 is 0.900 bits per heavy atom. The van der Waals surface area contributed by atoms with Gasteiger partial charge in [0.15, 0.2) is 0 Å². The molecule has 2 amide bonds. The maximum Gasteiger partial charge on any atom is 0.243 e. The van der Waals surface area contributed by atoms with Gasteiger partial charge in [-0.2, -0.15) is 0 Å². The highest BCUT2D eigenvalue weighted by Gasteiger charge is 2.29. The molecule has 0 radical (unpaired) electrons. The predicted octanol–water partition coefficient (Wildman–Crippen LogP) is 6.17. The fourth-order valence-electron chi connectivity index (χ4n) is 3.06. The Labute approximate surface area is 197 Å². The van der Waals surface area contributed by atoms with Crippen LogP contribution in [-0.4, -0.2) is 28.8 Å². The summed E-state index contributed by atoms with van der Waals surface area (Å²) in [5.41, 5.74) is 1.50. The number of nitrogens with zero attached hydrogens (tertiary/aromatic N) is 1. The Morgan fingerprint density at radius 3 is 1.93 bits per heavy atom. The van der Waals surface area contributed by atoms with Crippen molar-refractivity contribution >= 4 is 58.2 Å². The SMILES string of the molecule is CCC(C(=O)NC(C)C)N(Cc1ccc(Cl)c(Cl)c1)C(=O)Cc1ccc(Cl)c(Cl)c1. The molecule has 0 heterocycles. The molecule has 0 fully saturated rings. The molecular weight excluding hydrogens is 466 g/mol. The van der Waals surface area contributed by atoms with E-state index in [0.29, 0.717) is 32.1 Å². The second-order valence-corrected chi connectivity index (χ2v) is 8.91. The molecular formula is C22H24Cl4N2O2. The van der Waals surface area contributed by atoms with E-state index in [1.54, 1.807) is 41.3 Å². The average molecular weight is 490 g/mol. The molecule has 2 aromatic rings. The maximum absolute atomic E-state index is 13.3. The third-order valence-electron chi connectivity index (χ3n) is 4.49. The van der Waals surface area contributed by atoms with Crippen LogP contribution in [0.1, 0.15) is 38.3 Å². The van der Waals surface area contributed by atoms with Crippen molar-refractivity contribution in [2.24, 2.45) is 0 Å². The molecule has 1 atom stereocenters. The Hall–Kier alpha value is -1.46. The van der Waals surface area contributed by atoms with Crippen LogP contribution in [0.25, 0.3) is 0 Å². The van der Waals surface area contributed by atoms with E-state index in [1.807, 2.05) is 20.8 Å². The zero-order valence-electron chi connectivity index (χ0n) is 17.0. The fourth-order valence-corrected chi connectivity index (χ4v) is 3.70. The molecule has 0 aliphatic carbocycles. The maximum atomic E-state index is 13.3. The van der Waals surface area contributed by atoms with Crippen LogP contribution in [0.15, 0.2) is 36.4 Å². The monoisotopic (exact) mass is 488 g/mol. The van der Waals surface area contributed by atoms with Crippen molar-refractivity contribution in [3.8, 4) is 0 Å². The van der Waals surface area contributed by atoms with E-state index >= 15 is 0 Å². The summed E-state index contributed by atoms with van der Waals surface area (Å²) >= 11 is 24.2. The second kappa shape index (κ2) is 11.2. The Bertz CT molecular complexity index is 918. The van der Waals surface area contributed by atoms with Gasteiger partial charge in [-0.15, -0.1) is 0 Å². The number of carbonyl (C=O) groups is 2. The summed E-state index contributed by atoms with van der Waals surface area (Å²) in [7, 11) is 0. The largest absolute Gasteiger partial charge is 0.352 e. The van der Waals surface area contributed by atoms with Crippen LogP contribution in [0.5, 0.6) is 0 Å². The van der Waals surface area contributed by atoms with Gasteiger partial charge in [-0.05, 0) is 55.7 Å². The van der Waals surface area contributed by atoms with Crippen molar-refractivity contribution in [2.45, 2.75) is 52.2 Å². The molecule has 8 heteroatoms. The van der Waals surface area contributed by atoms with Crippen LogP contribution < -0.4 is 5.32 Å². The molecule has 162 valence electrons. The van der Waals surface area contributed by atoms with E-state index in [2.05, 4.69) is 5.32 Å². The lowest BCUT2D eigenvalue weighted by Crippen LogP contribution is -2.50. The first-order valence-corrected chi connectivity index (χ1v) is 11.1. The van der Waals surface area contributed by atoms with Gasteiger partial charge >= 0.3 is 0 Å². The lowest BCUT2D eigenvalue weighted by Gasteiger charge is -2.31. The zero-order valence-corrected chi connectivity index (χ0v) is 20.0. The Kier molecular flexibility index (Phi) is 9.30. The molecule has 2 rings (SSSR count). The molecule has 1 unspecified atom stereocenters. The topological polar surface area (TPSA) is 49.4 Å². The van der Waals surface area contributed by atoms with Gasteiger partial charge in [-0.3, -0.25) is 9.59 Å². The molecule has 4 nitrogen and oxygen atoms in total. The first-order valence-electron chi connectivity index (χ1n) is 9.60. The first-order chi connectivity index (χ1) is 14.1. The summed E-state index contributed by atoms with van der Waals surface area (Å²) in [4.78, 5) is 27.6. The van der Waals surface area contributed by atoms with Gasteiger partial charge in [0, 0.05) is 12.6 Å². The highest BCUT2D eigenvalue weighted by molar-refractivity contribution is 6.42. The van der Waals surface area contributed by atoms with Gasteiger partial charge in [0.25, 0.3) is 0 Å². The minimum atomic E-state index is -0.628. The van der Waals surface area contributed by atoms with Crippen molar-refractivity contribution in [2.75, 3.05) is 0 Å². The molecule has 0 saturated heterocycles. The highest BCUT2D eigenvalue weighted by atomic mass is 35.5. The number of halogens is 4. The van der Waals surface area contributed by atoms with Crippen LogP contribution in [0.2, 0.25) is 20.1 Å². The zero-order chi connectivity index (χ0) is 22.4. The van der Waals surface area contributed by atoms with Crippen LogP contribution in [0.4, 0.5) is 0 Å². The normalized spacial score (nSPS) is 12.0. The molecule has 2 aromatic carbocycles. The van der Waals surface area contributed by atoms with E-state index in [0.717, 1.165) is 5.56 Å². The Balaban J connectivity index is 2.34. The van der Waals surface area contributed by atoms with Crippen molar-refractivity contribution in [1.29, 1.82) is 0 Å². The van der Waals surface area contributed by atoms with Crippen molar-refractivity contribution < 1.29 is 9.59 Å². The molecule has 0 bridgehead atoms. The van der Waals surface area contributed by atoms with Crippen LogP contribution in [-0.2, 0) is 22.6 Å². The summed E-state index contributed by atoms with van der Waals surface area (Å²) in [6.45, 7) is 5.86. The van der Waals surface area contributed by atoms with Crippen molar-refractivity contribution in [3.05, 3.63) is 67.6 Å². The summed E-state index contributed by atoms with van der Waals surface area (Å²) in [6, 6.07) is 9.57. The second-order valence-electron chi connectivity index (χ2n) is 7.28. The van der Waals surface area contributed by atoms with E-state index in [4.69, 9.17) is 46.4 Å². The molecule has 30 heavy (non-hydrogen) atoms. The van der Waals surface area contributed by atoms with E-state index in [1.165, 1.54) is 0 Å². The number of carbonyl (C=O) groups excluding carboxylic acids is 2. The minimum absolute atomic E-state index is 0.0384. The number of amides is 2. The Morgan fingerprint density at radius 2 is 1.43 bits per heavy atom. The first kappa shape index (κ1) is 24.8. The van der Waals surface area contributed by atoms with E-state index in [9.17, 15) is 9.59 Å². The van der Waals surface area contributed by atoms with Crippen LogP contribution in [0.3, 0.4) is 0 Å². The van der Waals surface area contributed by atoms with Crippen molar-refractivity contribution in [3.63, 3.8) is 0 Å². The van der Waals surface area contributed by atoms with Gasteiger partial charge in [0.1, 0.15) is 6.04 Å². The van der Waals surface area contributed by atoms with Gasteiger partial charge in [-0.25, -0.2) is 0 Å². The van der Waals surface area contributed by atoms with Gasteiger partial charge < -0.3 is 10.2 Å². The van der Waals surface area contributed by atoms with E-state index in [-0.39, 0.29) is 30.8 Å². The summed E-state index contributed by atoms with van der Waals surface area (Å²) in [6.07, 6.45) is 0.552. The van der Waals surface area contributed by atoms with Crippen LogP contribution in [0, 0.1) is 0 Å². The van der Waals surface area contributed by atoms with Gasteiger partial charge in [0.05, 0.1) is 26.5 Å². The number of rotatable bonds is 8. The van der Waals surface area contributed by atoms with Crippen molar-refractivity contribution in [1.82, 2.24) is 10.2 Å². The third-order valence-corrected chi connectivity index (χ3v) is 5.97. The summed E-state index contributed by atoms with van der Waals surface area (Å²) in [5.74, 6) is -0.403. The highest BCUT2D eigenvalue weighted by Crippen LogP contribution is 2.26. The third kappa shape index (κ3) is 6.78. The average Bonchev–Trinajstić information content (AvgIpc) is 2.66. The van der Waals surface area contributed by atoms with E-state index < -0.39 is 6.04 Å². The number of benzene rings is 2. The molecule has 0 spiro atoms. The standard InChI is InChI=1S/C22H24Cl4N2O2/c1-4-20(22(30)27-13(2)3)28(12-15-6-8-17(24)19(26)10-15)21(29)11-14-5-7-16(23)18(25)9-14/h5-10,13,20H,4,11-12H2,1-3H3,(H,27,30). The summed E-state index contributed by atoms with van der Waals surface area (Å²) in [5, 5.41) is 4.52. The fraction of sp³-hybridized carbons (Fsp3) is 0.364. The molecule has 0 aromatic heterocycles. The predicted molar refractivity (Wildman–Crippen MR) is 125 cm³/mol. The van der Waals surface area contributed by atoms with Crippen LogP contribution >= 0.6 is 46.4 Å². The quantitative estimate of drug-likeness (QED) is 0.481. The molecule has 0 aliphatic rings. The van der Waals surface area contributed by atoms with Gasteiger partial charge in [0.2, 0.25) is 11.8 Å². The number of hydrogen-bond donors (Lipinski definition) is 1. The lowest BCUT2D eigenvalue weighted by atomic mass is 10.1. The smallest absolute Gasteiger partial charge is 0.243 e. The summed E-state index contributed by atoms with van der Waals surface area (Å²) < 4.78 is 0. The minimum Gasteiger partial charge on any atom is -0.352 e. The molecule has 1 N–H and O–H groups in total.